The van der Waals surface area contributed by atoms with Crippen molar-refractivity contribution < 1.29 is 14.4 Å². The molecule has 2 N–H and O–H groups in total. The number of carbonyl (C=O) groups is 3. The Hall–Kier alpha value is -2.80. The van der Waals surface area contributed by atoms with Crippen molar-refractivity contribution in [2.24, 2.45) is 0 Å². The monoisotopic (exact) mass is 409 g/mol. The maximum absolute atomic E-state index is 13.2. The van der Waals surface area contributed by atoms with Gasteiger partial charge >= 0.3 is 6.03 Å². The van der Waals surface area contributed by atoms with Gasteiger partial charge in [-0.25, -0.2) is 4.79 Å². The van der Waals surface area contributed by atoms with Gasteiger partial charge in [0.1, 0.15) is 10.8 Å². The minimum absolute atomic E-state index is 0.355. The molecule has 1 heterocycles. The molecule has 1 spiro atoms. The van der Waals surface area contributed by atoms with Crippen LogP contribution in [0, 0.1) is 0 Å². The molecule has 1 aliphatic heterocycles. The van der Waals surface area contributed by atoms with Gasteiger partial charge in [0.05, 0.1) is 0 Å². The highest BCUT2D eigenvalue weighted by Crippen LogP contribution is 2.36. The van der Waals surface area contributed by atoms with Gasteiger partial charge in [0.15, 0.2) is 0 Å². The zero-order chi connectivity index (χ0) is 20.3. The first-order valence-corrected chi connectivity index (χ1v) is 10.7. The molecule has 1 atom stereocenters. The lowest BCUT2D eigenvalue weighted by molar-refractivity contribution is -0.139. The van der Waals surface area contributed by atoms with Crippen LogP contribution in [-0.4, -0.2) is 28.4 Å². The molecule has 1 saturated heterocycles. The minimum Gasteiger partial charge on any atom is -0.322 e. The molecule has 0 unspecified atom stereocenters. The van der Waals surface area contributed by atoms with Crippen LogP contribution in [0.3, 0.4) is 0 Å². The summed E-state index contributed by atoms with van der Waals surface area (Å²) in [5.41, 5.74) is 2.52. The zero-order valence-corrected chi connectivity index (χ0v) is 16.8. The van der Waals surface area contributed by atoms with E-state index in [0.29, 0.717) is 12.8 Å². The van der Waals surface area contributed by atoms with E-state index in [4.69, 9.17) is 0 Å². The van der Waals surface area contributed by atoms with Gasteiger partial charge in [-0.3, -0.25) is 15.0 Å². The molecule has 150 valence electrons. The van der Waals surface area contributed by atoms with Crippen molar-refractivity contribution in [2.75, 3.05) is 0 Å². The number of hydrogen-bond acceptors (Lipinski definition) is 4. The van der Waals surface area contributed by atoms with E-state index in [1.807, 2.05) is 60.7 Å². The Morgan fingerprint density at radius 1 is 0.966 bits per heavy atom. The molecule has 4 amide bonds. The Balaban J connectivity index is 1.55. The average molecular weight is 410 g/mol. The summed E-state index contributed by atoms with van der Waals surface area (Å²) in [6, 6.07) is 18.4. The minimum atomic E-state index is -0.864. The van der Waals surface area contributed by atoms with E-state index in [1.165, 1.54) is 11.8 Å². The quantitative estimate of drug-likeness (QED) is 0.582. The average Bonchev–Trinajstić information content (AvgIpc) is 2.97. The maximum atomic E-state index is 13.2. The fraction of sp³-hybridized carbons (Fsp3) is 0.318. The van der Waals surface area contributed by atoms with Crippen molar-refractivity contribution >= 4 is 29.6 Å². The van der Waals surface area contributed by atoms with Gasteiger partial charge in [0, 0.05) is 4.90 Å². The predicted octanol–water partition coefficient (Wildman–Crippen LogP) is 3.81. The molecule has 0 bridgehead atoms. The molecule has 2 aliphatic rings. The van der Waals surface area contributed by atoms with E-state index < -0.39 is 22.7 Å². The third-order valence-corrected chi connectivity index (χ3v) is 6.69. The summed E-state index contributed by atoms with van der Waals surface area (Å²) >= 11 is 1.38. The number of urea groups is 1. The van der Waals surface area contributed by atoms with Gasteiger partial charge in [-0.1, -0.05) is 67.8 Å². The first-order chi connectivity index (χ1) is 14.1. The number of nitrogens with zero attached hydrogens (tertiary/aromatic N) is 1. The fourth-order valence-electron chi connectivity index (χ4n) is 3.92. The van der Waals surface area contributed by atoms with Gasteiger partial charge in [-0.15, -0.1) is 11.8 Å². The topological polar surface area (TPSA) is 78.5 Å². The highest BCUT2D eigenvalue weighted by molar-refractivity contribution is 8.00. The SMILES string of the molecule is O=C(NN1C(=O)NC2(CCCCC2)C1=O)[C@H](Sc1ccccc1)c1ccccc1. The van der Waals surface area contributed by atoms with Crippen LogP contribution in [0.4, 0.5) is 4.79 Å². The highest BCUT2D eigenvalue weighted by Gasteiger charge is 2.52. The molecule has 1 saturated carbocycles. The summed E-state index contributed by atoms with van der Waals surface area (Å²) in [5, 5.41) is 3.09. The van der Waals surface area contributed by atoms with E-state index in [-0.39, 0.29) is 5.91 Å². The molecule has 6 nitrogen and oxygen atoms in total. The Kier molecular flexibility index (Phi) is 5.58. The molecular formula is C22H23N3O3S. The number of carbonyl (C=O) groups excluding carboxylic acids is 3. The van der Waals surface area contributed by atoms with Crippen LogP contribution in [0.25, 0.3) is 0 Å². The molecule has 1 aliphatic carbocycles. The molecule has 0 aromatic heterocycles. The third-order valence-electron chi connectivity index (χ3n) is 5.43. The Morgan fingerprint density at radius 3 is 2.24 bits per heavy atom. The van der Waals surface area contributed by atoms with Crippen molar-refractivity contribution in [2.45, 2.75) is 47.8 Å². The number of rotatable bonds is 5. The van der Waals surface area contributed by atoms with Crippen LogP contribution in [0.2, 0.25) is 0 Å². The fourth-order valence-corrected chi connectivity index (χ4v) is 4.96. The third kappa shape index (κ3) is 4.00. The molecular weight excluding hydrogens is 386 g/mol. The summed E-state index contributed by atoms with van der Waals surface area (Å²) in [5.74, 6) is -0.756. The summed E-state index contributed by atoms with van der Waals surface area (Å²) in [6.45, 7) is 0. The smallest absolute Gasteiger partial charge is 0.322 e. The lowest BCUT2D eigenvalue weighted by Crippen LogP contribution is -2.51. The van der Waals surface area contributed by atoms with E-state index in [2.05, 4.69) is 10.7 Å². The number of hydrogen-bond donors (Lipinski definition) is 2. The summed E-state index contributed by atoms with van der Waals surface area (Å²) in [7, 11) is 0. The number of hydrazine groups is 1. The van der Waals surface area contributed by atoms with E-state index in [9.17, 15) is 14.4 Å². The van der Waals surface area contributed by atoms with Crippen LogP contribution in [-0.2, 0) is 9.59 Å². The van der Waals surface area contributed by atoms with Crippen molar-refractivity contribution in [3.8, 4) is 0 Å². The second-order valence-corrected chi connectivity index (χ2v) is 8.59. The van der Waals surface area contributed by atoms with Crippen LogP contribution in [0.15, 0.2) is 65.6 Å². The van der Waals surface area contributed by atoms with Gasteiger partial charge in [-0.05, 0) is 30.5 Å². The van der Waals surface area contributed by atoms with E-state index in [1.54, 1.807) is 0 Å². The Morgan fingerprint density at radius 2 is 1.59 bits per heavy atom. The molecule has 2 fully saturated rings. The van der Waals surface area contributed by atoms with Crippen molar-refractivity contribution in [1.29, 1.82) is 0 Å². The van der Waals surface area contributed by atoms with Gasteiger partial charge in [0.25, 0.3) is 11.8 Å². The number of nitrogens with one attached hydrogen (secondary N) is 2. The molecule has 0 radical (unpaired) electrons. The Labute approximate surface area is 174 Å². The molecule has 4 rings (SSSR count). The van der Waals surface area contributed by atoms with E-state index >= 15 is 0 Å². The summed E-state index contributed by atoms with van der Waals surface area (Å²) in [6.07, 6.45) is 4.07. The number of benzene rings is 2. The van der Waals surface area contributed by atoms with Crippen LogP contribution in [0.5, 0.6) is 0 Å². The van der Waals surface area contributed by atoms with Crippen molar-refractivity contribution in [1.82, 2.24) is 15.8 Å². The standard InChI is InChI=1S/C22H23N3O3S/c26-19(24-25-20(27)22(23-21(25)28)14-8-3-9-15-22)18(16-10-4-1-5-11-16)29-17-12-6-2-7-13-17/h1-2,4-7,10-13,18H,3,8-9,14-15H2,(H,23,28)(H,24,26)/t18-/m1/s1. The summed E-state index contributed by atoms with van der Waals surface area (Å²) in [4.78, 5) is 39.5. The van der Waals surface area contributed by atoms with Crippen molar-refractivity contribution in [3.05, 3.63) is 66.2 Å². The largest absolute Gasteiger partial charge is 0.344 e. The van der Waals surface area contributed by atoms with Crippen molar-refractivity contribution in [3.63, 3.8) is 0 Å². The second-order valence-electron chi connectivity index (χ2n) is 7.41. The number of imide groups is 1. The summed E-state index contributed by atoms with van der Waals surface area (Å²) < 4.78 is 0. The normalized spacial score (nSPS) is 19.1. The first kappa shape index (κ1) is 19.5. The van der Waals surface area contributed by atoms with Crippen LogP contribution < -0.4 is 10.7 Å². The Bertz CT molecular complexity index is 898. The van der Waals surface area contributed by atoms with Crippen LogP contribution in [0.1, 0.15) is 42.9 Å². The maximum Gasteiger partial charge on any atom is 0.344 e. The van der Waals surface area contributed by atoms with Gasteiger partial charge < -0.3 is 5.32 Å². The number of amides is 4. The first-order valence-electron chi connectivity index (χ1n) is 9.83. The van der Waals surface area contributed by atoms with Gasteiger partial charge in [-0.2, -0.15) is 5.01 Å². The zero-order valence-electron chi connectivity index (χ0n) is 16.0. The lowest BCUT2D eigenvalue weighted by Gasteiger charge is -2.30. The lowest BCUT2D eigenvalue weighted by atomic mass is 9.82. The second kappa shape index (κ2) is 8.29. The predicted molar refractivity (Wildman–Crippen MR) is 111 cm³/mol. The van der Waals surface area contributed by atoms with E-state index in [0.717, 1.165) is 34.7 Å². The van der Waals surface area contributed by atoms with Gasteiger partial charge in [0.2, 0.25) is 0 Å². The molecule has 7 heteroatoms. The molecule has 2 aromatic carbocycles. The number of thioether (sulfide) groups is 1. The molecule has 2 aromatic rings. The highest BCUT2D eigenvalue weighted by atomic mass is 32.2. The molecule has 29 heavy (non-hydrogen) atoms. The van der Waals surface area contributed by atoms with Crippen LogP contribution >= 0.6 is 11.8 Å².